The average Bonchev–Trinajstić information content (AvgIpc) is 3.16. The van der Waals surface area contributed by atoms with Crippen molar-refractivity contribution in [1.82, 2.24) is 14.9 Å². The van der Waals surface area contributed by atoms with Gasteiger partial charge in [-0.15, -0.1) is 10.2 Å². The summed E-state index contributed by atoms with van der Waals surface area (Å²) in [6.07, 6.45) is 0.994. The quantitative estimate of drug-likeness (QED) is 0.718. The molecule has 4 rings (SSSR count). The van der Waals surface area contributed by atoms with Gasteiger partial charge in [-0.2, -0.15) is 9.78 Å². The zero-order chi connectivity index (χ0) is 18.8. The second-order valence-corrected chi connectivity index (χ2v) is 7.79. The molecule has 0 radical (unpaired) electrons. The van der Waals surface area contributed by atoms with E-state index in [-0.39, 0.29) is 6.04 Å². The van der Waals surface area contributed by atoms with E-state index in [4.69, 9.17) is 10.8 Å². The molecule has 3 aromatic rings. The third-order valence-corrected chi connectivity index (χ3v) is 6.01. The van der Waals surface area contributed by atoms with Crippen molar-refractivity contribution in [2.24, 2.45) is 16.8 Å². The first-order valence-corrected chi connectivity index (χ1v) is 10.2. The number of nitrogens with zero attached hydrogens (tertiary/aromatic N) is 4. The van der Waals surface area contributed by atoms with Gasteiger partial charge in [0.25, 0.3) is 0 Å². The summed E-state index contributed by atoms with van der Waals surface area (Å²) in [6, 6.07) is 18.8. The fourth-order valence-corrected chi connectivity index (χ4v) is 3.93. The van der Waals surface area contributed by atoms with Crippen LogP contribution in [-0.4, -0.2) is 26.3 Å². The van der Waals surface area contributed by atoms with Crippen molar-refractivity contribution in [3.8, 4) is 11.1 Å². The number of fused-ring (bicyclic) bond motifs is 1. The molecule has 27 heavy (non-hydrogen) atoms. The molecule has 0 spiro atoms. The van der Waals surface area contributed by atoms with Gasteiger partial charge >= 0.3 is 0 Å². The van der Waals surface area contributed by atoms with E-state index in [1.807, 2.05) is 10.7 Å². The number of rotatable bonds is 5. The third kappa shape index (κ3) is 3.55. The molecular formula is C21H23N5S. The Labute approximate surface area is 163 Å². The van der Waals surface area contributed by atoms with Crippen LogP contribution in [0.4, 0.5) is 0 Å². The molecule has 0 amide bonds. The molecule has 0 bridgehead atoms. The average molecular weight is 378 g/mol. The molecular weight excluding hydrogens is 354 g/mol. The Kier molecular flexibility index (Phi) is 5.09. The molecule has 0 saturated carbocycles. The van der Waals surface area contributed by atoms with Crippen LogP contribution < -0.4 is 5.73 Å². The van der Waals surface area contributed by atoms with Crippen molar-refractivity contribution in [2.45, 2.75) is 31.5 Å². The standard InChI is InChI=1S/C21H23N5S/c1-3-14(2)19(22)20-23-24-21-26(20)25-18(13-27-21)17-11-9-16(10-12-17)15-7-5-4-6-8-15/h4-12,14,19H,3,13,22H2,1-2H3. The van der Waals surface area contributed by atoms with Crippen molar-refractivity contribution in [2.75, 3.05) is 5.75 Å². The molecule has 1 aliphatic rings. The van der Waals surface area contributed by atoms with Gasteiger partial charge in [0, 0.05) is 5.75 Å². The van der Waals surface area contributed by atoms with Crippen LogP contribution >= 0.6 is 11.8 Å². The van der Waals surface area contributed by atoms with E-state index in [9.17, 15) is 0 Å². The molecule has 0 aliphatic carbocycles. The first-order valence-electron chi connectivity index (χ1n) is 9.24. The highest BCUT2D eigenvalue weighted by atomic mass is 32.2. The zero-order valence-electron chi connectivity index (χ0n) is 15.5. The molecule has 0 fully saturated rings. The number of hydrogen-bond donors (Lipinski definition) is 1. The Morgan fingerprint density at radius 2 is 1.67 bits per heavy atom. The number of nitrogens with two attached hydrogens (primary N) is 1. The maximum Gasteiger partial charge on any atom is 0.212 e. The fourth-order valence-electron chi connectivity index (χ4n) is 3.09. The summed E-state index contributed by atoms with van der Waals surface area (Å²) in [6.45, 7) is 4.27. The molecule has 0 saturated heterocycles. The smallest absolute Gasteiger partial charge is 0.212 e. The van der Waals surface area contributed by atoms with Crippen LogP contribution in [0.1, 0.15) is 37.7 Å². The maximum absolute atomic E-state index is 6.38. The molecule has 2 unspecified atom stereocenters. The van der Waals surface area contributed by atoms with E-state index in [2.05, 4.69) is 72.6 Å². The Hall–Kier alpha value is -2.44. The molecule has 2 aromatic carbocycles. The summed E-state index contributed by atoms with van der Waals surface area (Å²) in [5, 5.41) is 14.2. The number of benzene rings is 2. The van der Waals surface area contributed by atoms with E-state index in [1.165, 1.54) is 11.1 Å². The van der Waals surface area contributed by atoms with Crippen LogP contribution in [-0.2, 0) is 0 Å². The van der Waals surface area contributed by atoms with Crippen molar-refractivity contribution < 1.29 is 0 Å². The van der Waals surface area contributed by atoms with Gasteiger partial charge < -0.3 is 5.73 Å². The number of aromatic nitrogens is 3. The van der Waals surface area contributed by atoms with Crippen molar-refractivity contribution in [3.63, 3.8) is 0 Å². The maximum atomic E-state index is 6.38. The summed E-state index contributed by atoms with van der Waals surface area (Å²) < 4.78 is 1.82. The van der Waals surface area contributed by atoms with Gasteiger partial charge in [0.15, 0.2) is 5.82 Å². The molecule has 5 nitrogen and oxygen atoms in total. The highest BCUT2D eigenvalue weighted by molar-refractivity contribution is 7.99. The predicted molar refractivity (Wildman–Crippen MR) is 111 cm³/mol. The predicted octanol–water partition coefficient (Wildman–Crippen LogP) is 4.35. The van der Waals surface area contributed by atoms with Crippen LogP contribution in [0.15, 0.2) is 64.9 Å². The van der Waals surface area contributed by atoms with Crippen LogP contribution in [0.5, 0.6) is 0 Å². The topological polar surface area (TPSA) is 69.1 Å². The Bertz CT molecular complexity index is 946. The Morgan fingerprint density at radius 1 is 1.00 bits per heavy atom. The molecule has 2 N–H and O–H groups in total. The van der Waals surface area contributed by atoms with Crippen LogP contribution in [0.3, 0.4) is 0 Å². The van der Waals surface area contributed by atoms with Gasteiger partial charge in [-0.1, -0.05) is 86.6 Å². The molecule has 1 aromatic heterocycles. The number of hydrogen-bond acceptors (Lipinski definition) is 5. The van der Waals surface area contributed by atoms with Gasteiger partial charge in [-0.3, -0.25) is 0 Å². The summed E-state index contributed by atoms with van der Waals surface area (Å²) in [4.78, 5) is 0. The lowest BCUT2D eigenvalue weighted by molar-refractivity contribution is 0.425. The Morgan fingerprint density at radius 3 is 2.37 bits per heavy atom. The van der Waals surface area contributed by atoms with Gasteiger partial charge in [-0.05, 0) is 22.6 Å². The molecule has 1 aliphatic heterocycles. The van der Waals surface area contributed by atoms with Gasteiger partial charge in [-0.25, -0.2) is 0 Å². The van der Waals surface area contributed by atoms with Crippen LogP contribution in [0.2, 0.25) is 0 Å². The van der Waals surface area contributed by atoms with E-state index in [0.29, 0.717) is 5.92 Å². The third-order valence-electron chi connectivity index (χ3n) is 5.08. The summed E-state index contributed by atoms with van der Waals surface area (Å²) in [7, 11) is 0. The van der Waals surface area contributed by atoms with Crippen LogP contribution in [0, 0.1) is 5.92 Å². The summed E-state index contributed by atoms with van der Waals surface area (Å²) in [5.74, 6) is 1.85. The molecule has 6 heteroatoms. The largest absolute Gasteiger partial charge is 0.321 e. The van der Waals surface area contributed by atoms with Gasteiger partial charge in [0.1, 0.15) is 0 Å². The minimum absolute atomic E-state index is 0.166. The highest BCUT2D eigenvalue weighted by Crippen LogP contribution is 2.29. The SMILES string of the molecule is CCC(C)C(N)c1nnc2n1N=C(c1ccc(-c3ccccc3)cc1)CS2. The lowest BCUT2D eigenvalue weighted by Gasteiger charge is -2.19. The lowest BCUT2D eigenvalue weighted by atomic mass is 10.00. The normalized spacial score (nSPS) is 15.7. The van der Waals surface area contributed by atoms with Crippen molar-refractivity contribution >= 4 is 17.5 Å². The van der Waals surface area contributed by atoms with E-state index in [0.717, 1.165) is 34.4 Å². The van der Waals surface area contributed by atoms with Crippen molar-refractivity contribution in [3.05, 3.63) is 66.0 Å². The first-order chi connectivity index (χ1) is 13.2. The Balaban J connectivity index is 1.64. The molecule has 138 valence electrons. The van der Waals surface area contributed by atoms with Crippen LogP contribution in [0.25, 0.3) is 11.1 Å². The molecule has 2 heterocycles. The van der Waals surface area contributed by atoms with E-state index < -0.39 is 0 Å². The van der Waals surface area contributed by atoms with Gasteiger partial charge in [0.05, 0.1) is 11.8 Å². The van der Waals surface area contributed by atoms with E-state index in [1.54, 1.807) is 11.8 Å². The number of thioether (sulfide) groups is 1. The first kappa shape index (κ1) is 17.9. The van der Waals surface area contributed by atoms with Crippen molar-refractivity contribution in [1.29, 1.82) is 0 Å². The fraction of sp³-hybridized carbons (Fsp3) is 0.286. The lowest BCUT2D eigenvalue weighted by Crippen LogP contribution is -2.24. The second kappa shape index (κ2) is 7.66. The second-order valence-electron chi connectivity index (χ2n) is 6.84. The highest BCUT2D eigenvalue weighted by Gasteiger charge is 2.25. The summed E-state index contributed by atoms with van der Waals surface area (Å²) in [5.41, 5.74) is 10.9. The zero-order valence-corrected chi connectivity index (χ0v) is 16.4. The van der Waals surface area contributed by atoms with Gasteiger partial charge in [0.2, 0.25) is 5.16 Å². The minimum atomic E-state index is -0.166. The molecule has 2 atom stereocenters. The van der Waals surface area contributed by atoms with E-state index >= 15 is 0 Å². The monoisotopic (exact) mass is 377 g/mol. The summed E-state index contributed by atoms with van der Waals surface area (Å²) >= 11 is 1.65. The minimum Gasteiger partial charge on any atom is -0.321 e.